The van der Waals surface area contributed by atoms with E-state index in [1.54, 1.807) is 0 Å². The van der Waals surface area contributed by atoms with Gasteiger partial charge in [-0.1, -0.05) is 12.1 Å². The lowest BCUT2D eigenvalue weighted by atomic mass is 10.2. The van der Waals surface area contributed by atoms with E-state index in [1.807, 2.05) is 0 Å². The van der Waals surface area contributed by atoms with E-state index in [4.69, 9.17) is 4.74 Å². The standard InChI is InChI=1S/C16H13FN2O5/c1-10(15(20)18-12-8-6-11(17)7-9-12)24-16(21)13-4-2-3-5-14(13)19(22)23/h2-10H,1H3,(H,18,20)/t10-/m1/s1. The van der Waals surface area contributed by atoms with E-state index in [2.05, 4.69) is 5.32 Å². The molecule has 0 aromatic heterocycles. The van der Waals surface area contributed by atoms with Crippen molar-refractivity contribution < 1.29 is 23.6 Å². The fraction of sp³-hybridized carbons (Fsp3) is 0.125. The highest BCUT2D eigenvalue weighted by Crippen LogP contribution is 2.19. The molecular weight excluding hydrogens is 319 g/mol. The number of carbonyl (C=O) groups is 2. The van der Waals surface area contributed by atoms with E-state index >= 15 is 0 Å². The first-order valence-electron chi connectivity index (χ1n) is 6.89. The van der Waals surface area contributed by atoms with Crippen LogP contribution in [0.15, 0.2) is 48.5 Å². The molecule has 0 unspecified atom stereocenters. The highest BCUT2D eigenvalue weighted by atomic mass is 19.1. The number of esters is 1. The van der Waals surface area contributed by atoms with Gasteiger partial charge < -0.3 is 10.1 Å². The maximum Gasteiger partial charge on any atom is 0.345 e. The number of nitro benzene ring substituents is 1. The van der Waals surface area contributed by atoms with Gasteiger partial charge in [-0.25, -0.2) is 9.18 Å². The number of anilines is 1. The molecule has 1 amide bonds. The van der Waals surface area contributed by atoms with Crippen molar-refractivity contribution >= 4 is 23.3 Å². The van der Waals surface area contributed by atoms with Crippen molar-refractivity contribution in [2.45, 2.75) is 13.0 Å². The summed E-state index contributed by atoms with van der Waals surface area (Å²) in [5.74, 6) is -2.08. The number of hydrogen-bond donors (Lipinski definition) is 1. The van der Waals surface area contributed by atoms with Crippen molar-refractivity contribution in [3.05, 3.63) is 70.0 Å². The summed E-state index contributed by atoms with van der Waals surface area (Å²) in [6.07, 6.45) is -1.19. The maximum atomic E-state index is 12.8. The number of hydrogen-bond acceptors (Lipinski definition) is 5. The first-order valence-corrected chi connectivity index (χ1v) is 6.89. The average molecular weight is 332 g/mol. The van der Waals surface area contributed by atoms with Crippen LogP contribution in [0.5, 0.6) is 0 Å². The second-order valence-electron chi connectivity index (χ2n) is 4.82. The molecule has 0 fully saturated rings. The first kappa shape index (κ1) is 17.1. The molecule has 0 heterocycles. The molecule has 8 heteroatoms. The average Bonchev–Trinajstić information content (AvgIpc) is 2.56. The van der Waals surface area contributed by atoms with Gasteiger partial charge in [0.1, 0.15) is 11.4 Å². The van der Waals surface area contributed by atoms with Crippen molar-refractivity contribution in [2.75, 3.05) is 5.32 Å². The number of ether oxygens (including phenoxy) is 1. The lowest BCUT2D eigenvalue weighted by Crippen LogP contribution is -2.30. The fourth-order valence-electron chi connectivity index (χ4n) is 1.86. The second-order valence-corrected chi connectivity index (χ2v) is 4.82. The van der Waals surface area contributed by atoms with Crippen molar-refractivity contribution in [1.82, 2.24) is 0 Å². The quantitative estimate of drug-likeness (QED) is 0.515. The van der Waals surface area contributed by atoms with Gasteiger partial charge in [0.25, 0.3) is 11.6 Å². The van der Waals surface area contributed by atoms with Gasteiger partial charge in [0.15, 0.2) is 6.10 Å². The van der Waals surface area contributed by atoms with Gasteiger partial charge in [-0.2, -0.15) is 0 Å². The summed E-state index contributed by atoms with van der Waals surface area (Å²) in [6.45, 7) is 1.32. The summed E-state index contributed by atoms with van der Waals surface area (Å²) in [4.78, 5) is 34.2. The van der Waals surface area contributed by atoms with Crippen LogP contribution >= 0.6 is 0 Å². The number of benzene rings is 2. The van der Waals surface area contributed by atoms with Gasteiger partial charge in [0, 0.05) is 11.8 Å². The third kappa shape index (κ3) is 4.13. The summed E-state index contributed by atoms with van der Waals surface area (Å²) in [7, 11) is 0. The third-order valence-corrected chi connectivity index (χ3v) is 3.09. The Bertz CT molecular complexity index is 776. The molecule has 1 atom stereocenters. The molecule has 0 saturated carbocycles. The summed E-state index contributed by atoms with van der Waals surface area (Å²) in [5.41, 5.74) is -0.326. The van der Waals surface area contributed by atoms with E-state index in [0.29, 0.717) is 5.69 Å². The summed E-state index contributed by atoms with van der Waals surface area (Å²) in [6, 6.07) is 10.3. The van der Waals surface area contributed by atoms with E-state index in [-0.39, 0.29) is 5.56 Å². The molecule has 24 heavy (non-hydrogen) atoms. The first-order chi connectivity index (χ1) is 11.4. The summed E-state index contributed by atoms with van der Waals surface area (Å²) in [5, 5.41) is 13.3. The van der Waals surface area contributed by atoms with Crippen LogP contribution in [0.4, 0.5) is 15.8 Å². The summed E-state index contributed by atoms with van der Waals surface area (Å²) >= 11 is 0. The predicted molar refractivity (Wildman–Crippen MR) is 83.0 cm³/mol. The van der Waals surface area contributed by atoms with Gasteiger partial charge >= 0.3 is 5.97 Å². The Kier molecular flexibility index (Phi) is 5.20. The number of nitro groups is 1. The number of carbonyl (C=O) groups excluding carboxylic acids is 2. The molecule has 2 rings (SSSR count). The van der Waals surface area contributed by atoms with Crippen molar-refractivity contribution in [3.8, 4) is 0 Å². The van der Waals surface area contributed by atoms with Gasteiger partial charge in [0.05, 0.1) is 4.92 Å². The highest BCUT2D eigenvalue weighted by molar-refractivity contribution is 5.98. The SMILES string of the molecule is C[C@@H](OC(=O)c1ccccc1[N+](=O)[O-])C(=O)Nc1ccc(F)cc1. The Morgan fingerprint density at radius 1 is 1.17 bits per heavy atom. The smallest absolute Gasteiger partial charge is 0.345 e. The Labute approximate surface area is 136 Å². The topological polar surface area (TPSA) is 98.5 Å². The van der Waals surface area contributed by atoms with Crippen LogP contribution in [0.25, 0.3) is 0 Å². The van der Waals surface area contributed by atoms with Crippen LogP contribution < -0.4 is 5.32 Å². The molecule has 0 saturated heterocycles. The molecule has 124 valence electrons. The van der Waals surface area contributed by atoms with Crippen LogP contribution in [-0.2, 0) is 9.53 Å². The molecule has 0 spiro atoms. The van der Waals surface area contributed by atoms with Crippen LogP contribution in [0.2, 0.25) is 0 Å². The lowest BCUT2D eigenvalue weighted by Gasteiger charge is -2.13. The molecule has 0 aliphatic rings. The zero-order valence-electron chi connectivity index (χ0n) is 12.6. The minimum atomic E-state index is -1.19. The van der Waals surface area contributed by atoms with Gasteiger partial charge in [0.2, 0.25) is 0 Å². The Morgan fingerprint density at radius 3 is 2.42 bits per heavy atom. The molecule has 7 nitrogen and oxygen atoms in total. The number of amides is 1. The number of para-hydroxylation sites is 1. The van der Waals surface area contributed by atoms with Gasteiger partial charge in [-0.05, 0) is 37.3 Å². The molecule has 2 aromatic rings. The second kappa shape index (κ2) is 7.32. The van der Waals surface area contributed by atoms with E-state index in [1.165, 1.54) is 55.5 Å². The number of halogens is 1. The maximum absolute atomic E-state index is 12.8. The van der Waals surface area contributed by atoms with E-state index in [9.17, 15) is 24.1 Å². The lowest BCUT2D eigenvalue weighted by molar-refractivity contribution is -0.385. The zero-order valence-corrected chi connectivity index (χ0v) is 12.6. The monoisotopic (exact) mass is 332 g/mol. The molecule has 1 N–H and O–H groups in total. The van der Waals surface area contributed by atoms with Gasteiger partial charge in [-0.3, -0.25) is 14.9 Å². The number of nitrogens with zero attached hydrogens (tertiary/aromatic N) is 1. The highest BCUT2D eigenvalue weighted by Gasteiger charge is 2.24. The minimum absolute atomic E-state index is 0.246. The number of nitrogens with one attached hydrogen (secondary N) is 1. The van der Waals surface area contributed by atoms with Crippen molar-refractivity contribution in [3.63, 3.8) is 0 Å². The van der Waals surface area contributed by atoms with Crippen LogP contribution in [0.3, 0.4) is 0 Å². The van der Waals surface area contributed by atoms with E-state index < -0.39 is 34.4 Å². The molecule has 0 aliphatic heterocycles. The molecular formula is C16H13FN2O5. The van der Waals surface area contributed by atoms with Crippen LogP contribution in [-0.4, -0.2) is 22.9 Å². The van der Waals surface area contributed by atoms with Crippen LogP contribution in [0.1, 0.15) is 17.3 Å². The zero-order chi connectivity index (χ0) is 17.7. The van der Waals surface area contributed by atoms with Crippen LogP contribution in [0, 0.1) is 15.9 Å². The van der Waals surface area contributed by atoms with Crippen molar-refractivity contribution in [2.24, 2.45) is 0 Å². The minimum Gasteiger partial charge on any atom is -0.449 e. The number of rotatable bonds is 5. The summed E-state index contributed by atoms with van der Waals surface area (Å²) < 4.78 is 17.8. The Balaban J connectivity index is 2.04. The predicted octanol–water partition coefficient (Wildman–Crippen LogP) is 2.92. The molecule has 0 bridgehead atoms. The van der Waals surface area contributed by atoms with Crippen molar-refractivity contribution in [1.29, 1.82) is 0 Å². The van der Waals surface area contributed by atoms with E-state index in [0.717, 1.165) is 0 Å². The molecule has 0 radical (unpaired) electrons. The largest absolute Gasteiger partial charge is 0.449 e. The normalized spacial score (nSPS) is 11.4. The molecule has 2 aromatic carbocycles. The Hall–Kier alpha value is -3.29. The molecule has 0 aliphatic carbocycles. The third-order valence-electron chi connectivity index (χ3n) is 3.09. The Morgan fingerprint density at radius 2 is 1.79 bits per heavy atom. The van der Waals surface area contributed by atoms with Gasteiger partial charge in [-0.15, -0.1) is 0 Å². The fourth-order valence-corrected chi connectivity index (χ4v) is 1.86.